The van der Waals surface area contributed by atoms with Crippen molar-refractivity contribution in [3.8, 4) is 6.07 Å². The van der Waals surface area contributed by atoms with Gasteiger partial charge < -0.3 is 24.6 Å². The molecule has 0 aromatic carbocycles. The number of rotatable bonds is 3. The maximum absolute atomic E-state index is 11.6. The van der Waals surface area contributed by atoms with Gasteiger partial charge in [-0.2, -0.15) is 15.2 Å². The Morgan fingerprint density at radius 1 is 1.32 bits per heavy atom. The monoisotopic (exact) mass is 390 g/mol. The van der Waals surface area contributed by atoms with Gasteiger partial charge in [-0.25, -0.2) is 9.78 Å². The average molecular weight is 390 g/mol. The molecule has 0 radical (unpaired) electrons. The van der Waals surface area contributed by atoms with Crippen molar-refractivity contribution in [3.05, 3.63) is 12.2 Å². The van der Waals surface area contributed by atoms with Gasteiger partial charge in [0.25, 0.3) is 0 Å². The molecule has 28 heavy (non-hydrogen) atoms. The Morgan fingerprint density at radius 3 is 2.61 bits per heavy atom. The molecule has 0 saturated carbocycles. The number of nitrogens with zero attached hydrogens (tertiary/aromatic N) is 5. The first-order valence-corrected chi connectivity index (χ1v) is 8.91. The summed E-state index contributed by atoms with van der Waals surface area (Å²) in [7, 11) is 1.65. The van der Waals surface area contributed by atoms with Gasteiger partial charge >= 0.3 is 5.97 Å². The molecule has 2 aliphatic rings. The SMILES string of the molecule is CC.CNc1nc(C#N)nc2c1ncn2[C@@H]1O[C@H](C(=O)O)[C@H]2OC(C)(C)O[C@H]21. The predicted octanol–water partition coefficient (Wildman–Crippen LogP) is 1.27. The topological polar surface area (TPSA) is 144 Å². The number of carbonyl (C=O) groups is 1. The number of aliphatic carboxylic acids is 1. The summed E-state index contributed by atoms with van der Waals surface area (Å²) in [6.07, 6.45) is -1.99. The summed E-state index contributed by atoms with van der Waals surface area (Å²) in [5.41, 5.74) is 0.771. The summed E-state index contributed by atoms with van der Waals surface area (Å²) >= 11 is 0. The second-order valence-electron chi connectivity index (χ2n) is 6.43. The van der Waals surface area contributed by atoms with Crippen LogP contribution in [0.2, 0.25) is 0 Å². The molecule has 11 heteroatoms. The zero-order valence-corrected chi connectivity index (χ0v) is 16.2. The van der Waals surface area contributed by atoms with Crippen LogP contribution < -0.4 is 5.32 Å². The van der Waals surface area contributed by atoms with Crippen LogP contribution >= 0.6 is 0 Å². The van der Waals surface area contributed by atoms with Crippen LogP contribution in [-0.2, 0) is 19.0 Å². The van der Waals surface area contributed by atoms with E-state index in [2.05, 4.69) is 20.3 Å². The molecule has 11 nitrogen and oxygen atoms in total. The van der Waals surface area contributed by atoms with Gasteiger partial charge in [0.15, 0.2) is 35.1 Å². The number of carboxylic acid groups (broad SMARTS) is 1. The Labute approximate surface area is 161 Å². The van der Waals surface area contributed by atoms with Gasteiger partial charge in [0.1, 0.15) is 18.3 Å². The largest absolute Gasteiger partial charge is 0.479 e. The lowest BCUT2D eigenvalue weighted by molar-refractivity contribution is -0.202. The second-order valence-corrected chi connectivity index (χ2v) is 6.43. The third-order valence-corrected chi connectivity index (χ3v) is 4.30. The van der Waals surface area contributed by atoms with E-state index in [-0.39, 0.29) is 5.82 Å². The van der Waals surface area contributed by atoms with Crippen molar-refractivity contribution in [1.82, 2.24) is 19.5 Å². The molecule has 0 aliphatic carbocycles. The van der Waals surface area contributed by atoms with Crippen LogP contribution in [0.1, 0.15) is 39.7 Å². The first-order valence-electron chi connectivity index (χ1n) is 8.91. The Kier molecular flexibility index (Phi) is 5.20. The highest BCUT2D eigenvalue weighted by Crippen LogP contribution is 2.43. The maximum Gasteiger partial charge on any atom is 0.335 e. The van der Waals surface area contributed by atoms with Crippen LogP contribution in [0.25, 0.3) is 11.2 Å². The molecule has 2 fully saturated rings. The summed E-state index contributed by atoms with van der Waals surface area (Å²) in [4.78, 5) is 24.1. The lowest BCUT2D eigenvalue weighted by atomic mass is 10.1. The predicted molar refractivity (Wildman–Crippen MR) is 96.3 cm³/mol. The van der Waals surface area contributed by atoms with Crippen molar-refractivity contribution >= 4 is 23.0 Å². The highest BCUT2D eigenvalue weighted by molar-refractivity contribution is 5.83. The molecule has 2 aromatic rings. The molecule has 4 heterocycles. The smallest absolute Gasteiger partial charge is 0.335 e. The number of carboxylic acids is 1. The van der Waals surface area contributed by atoms with E-state index < -0.39 is 36.3 Å². The van der Waals surface area contributed by atoms with Crippen molar-refractivity contribution in [1.29, 1.82) is 5.26 Å². The highest BCUT2D eigenvalue weighted by Gasteiger charge is 2.58. The van der Waals surface area contributed by atoms with Gasteiger partial charge in [0.2, 0.25) is 5.82 Å². The number of fused-ring (bicyclic) bond motifs is 2. The first-order chi connectivity index (χ1) is 13.3. The summed E-state index contributed by atoms with van der Waals surface area (Å²) in [6.45, 7) is 7.42. The summed E-state index contributed by atoms with van der Waals surface area (Å²) < 4.78 is 18.8. The Bertz CT molecular complexity index is 936. The van der Waals surface area contributed by atoms with Crippen molar-refractivity contribution in [3.63, 3.8) is 0 Å². The third-order valence-electron chi connectivity index (χ3n) is 4.30. The fourth-order valence-electron chi connectivity index (χ4n) is 3.33. The van der Waals surface area contributed by atoms with Crippen molar-refractivity contribution in [2.45, 2.75) is 58.0 Å². The lowest BCUT2D eigenvalue weighted by Crippen LogP contribution is -2.35. The van der Waals surface area contributed by atoms with E-state index in [0.717, 1.165) is 0 Å². The molecule has 0 amide bonds. The molecule has 2 saturated heterocycles. The van der Waals surface area contributed by atoms with Crippen LogP contribution in [-0.4, -0.2) is 61.7 Å². The van der Waals surface area contributed by atoms with E-state index >= 15 is 0 Å². The van der Waals surface area contributed by atoms with Gasteiger partial charge in [0.05, 0.1) is 6.33 Å². The number of ether oxygens (including phenoxy) is 3. The lowest BCUT2D eigenvalue weighted by Gasteiger charge is -2.23. The number of nitriles is 1. The van der Waals surface area contributed by atoms with Crippen LogP contribution in [0.5, 0.6) is 0 Å². The molecule has 0 spiro atoms. The van der Waals surface area contributed by atoms with Gasteiger partial charge in [-0.15, -0.1) is 0 Å². The van der Waals surface area contributed by atoms with E-state index in [1.807, 2.05) is 19.9 Å². The van der Waals surface area contributed by atoms with Crippen LogP contribution in [0.15, 0.2) is 6.33 Å². The minimum atomic E-state index is -1.19. The Hall–Kier alpha value is -2.81. The molecule has 4 atom stereocenters. The minimum absolute atomic E-state index is 0.0446. The summed E-state index contributed by atoms with van der Waals surface area (Å²) in [6, 6.07) is 1.89. The van der Waals surface area contributed by atoms with E-state index in [0.29, 0.717) is 17.0 Å². The molecular weight excluding hydrogens is 368 g/mol. The average Bonchev–Trinajstić information content (AvgIpc) is 3.32. The van der Waals surface area contributed by atoms with Crippen LogP contribution in [0, 0.1) is 11.3 Å². The number of hydrogen-bond donors (Lipinski definition) is 2. The van der Waals surface area contributed by atoms with E-state index in [1.165, 1.54) is 6.33 Å². The van der Waals surface area contributed by atoms with Gasteiger partial charge in [-0.1, -0.05) is 13.8 Å². The quantitative estimate of drug-likeness (QED) is 0.786. The normalized spacial score (nSPS) is 27.6. The Balaban J connectivity index is 0.00000109. The molecule has 4 rings (SSSR count). The molecule has 0 bridgehead atoms. The first kappa shape index (κ1) is 19.9. The van der Waals surface area contributed by atoms with Gasteiger partial charge in [-0.3, -0.25) is 4.57 Å². The fraction of sp³-hybridized carbons (Fsp3) is 0.588. The number of aromatic nitrogens is 4. The zero-order chi connectivity index (χ0) is 20.6. The van der Waals surface area contributed by atoms with Crippen molar-refractivity contribution in [2.75, 3.05) is 12.4 Å². The summed E-state index contributed by atoms with van der Waals surface area (Å²) in [5.74, 6) is -1.74. The number of anilines is 1. The third kappa shape index (κ3) is 3.15. The van der Waals surface area contributed by atoms with Crippen LogP contribution in [0.4, 0.5) is 5.82 Å². The second kappa shape index (κ2) is 7.31. The maximum atomic E-state index is 11.6. The molecule has 2 N–H and O–H groups in total. The zero-order valence-electron chi connectivity index (χ0n) is 16.2. The number of hydrogen-bond acceptors (Lipinski definition) is 9. The van der Waals surface area contributed by atoms with E-state index in [1.54, 1.807) is 25.5 Å². The Morgan fingerprint density at radius 2 is 2.00 bits per heavy atom. The van der Waals surface area contributed by atoms with Gasteiger partial charge in [0, 0.05) is 7.05 Å². The van der Waals surface area contributed by atoms with E-state index in [9.17, 15) is 9.90 Å². The van der Waals surface area contributed by atoms with Gasteiger partial charge in [-0.05, 0) is 13.8 Å². The van der Waals surface area contributed by atoms with Crippen molar-refractivity contribution < 1.29 is 24.1 Å². The number of nitrogens with one attached hydrogen (secondary N) is 1. The van der Waals surface area contributed by atoms with E-state index in [4.69, 9.17) is 19.5 Å². The summed E-state index contributed by atoms with van der Waals surface area (Å²) in [5, 5.41) is 21.5. The minimum Gasteiger partial charge on any atom is -0.479 e. The molecule has 2 aliphatic heterocycles. The fourth-order valence-corrected chi connectivity index (χ4v) is 3.33. The highest BCUT2D eigenvalue weighted by atomic mass is 16.8. The van der Waals surface area contributed by atoms with Crippen LogP contribution in [0.3, 0.4) is 0 Å². The molecule has 0 unspecified atom stereocenters. The number of imidazole rings is 1. The molecule has 150 valence electrons. The van der Waals surface area contributed by atoms with Crippen molar-refractivity contribution in [2.24, 2.45) is 0 Å². The standard InChI is InChI=1S/C15H16N6O5.C2H6/c1-15(2)25-8-9(26-15)13(24-10(8)14(22)23)21-5-18-7-11(17-3)19-6(4-16)20-12(7)21;1-2/h5,8-10,13H,1-3H3,(H,22,23)(H,17,19,20);1-2H3/t8-,9+,10-,13+;/m0./s1. The molecular formula is C17H22N6O5. The molecule has 2 aromatic heterocycles.